The third kappa shape index (κ3) is 6.20. The summed E-state index contributed by atoms with van der Waals surface area (Å²) in [7, 11) is 0. The fourth-order valence-electron chi connectivity index (χ4n) is 5.65. The molecule has 0 unspecified atom stereocenters. The number of nitrogens with one attached hydrogen (secondary N) is 1. The van der Waals surface area contributed by atoms with Crippen molar-refractivity contribution >= 4 is 23.2 Å². The molecule has 0 saturated carbocycles. The second-order valence-corrected chi connectivity index (χ2v) is 11.1. The third-order valence-corrected chi connectivity index (χ3v) is 7.94. The van der Waals surface area contributed by atoms with Gasteiger partial charge in [-0.3, -0.25) is 14.5 Å². The number of hydrogen-bond acceptors (Lipinski definition) is 4. The van der Waals surface area contributed by atoms with E-state index in [9.17, 15) is 9.59 Å². The van der Waals surface area contributed by atoms with Gasteiger partial charge in [-0.25, -0.2) is 0 Å². The van der Waals surface area contributed by atoms with Crippen LogP contribution < -0.4 is 19.9 Å². The van der Waals surface area contributed by atoms with Crippen LogP contribution in [-0.4, -0.2) is 18.4 Å². The van der Waals surface area contributed by atoms with Crippen LogP contribution in [0.4, 0.5) is 11.4 Å². The number of carbonyl (C=O) groups is 2. The molecule has 5 aromatic rings. The largest absolute Gasteiger partial charge is 0.484 e. The lowest BCUT2D eigenvalue weighted by Gasteiger charge is -2.46. The molecule has 1 aliphatic heterocycles. The van der Waals surface area contributed by atoms with E-state index in [0.717, 1.165) is 33.6 Å². The highest BCUT2D eigenvalue weighted by Gasteiger charge is 2.39. The van der Waals surface area contributed by atoms with E-state index in [1.54, 1.807) is 0 Å². The summed E-state index contributed by atoms with van der Waals surface area (Å²) in [6.07, 6.45) is -0.413. The number of nitrogens with zero attached hydrogens (tertiary/aromatic N) is 2. The first-order chi connectivity index (χ1) is 21.5. The molecule has 1 heterocycles. The zero-order valence-corrected chi connectivity index (χ0v) is 24.9. The van der Waals surface area contributed by atoms with E-state index < -0.39 is 6.17 Å². The maximum absolute atomic E-state index is 14.1. The molecule has 220 valence electrons. The van der Waals surface area contributed by atoms with Crippen molar-refractivity contribution in [1.29, 1.82) is 0 Å². The standard InChI is InChI=1S/C38H35N3O3/c1-27-17-21-32(22-18-27)41-37(40(25-29-11-5-3-6-12-29)35-16-10-9-15-34(35)38(41)43)31-19-23-33(24-20-31)44-26-36(42)39-28(2)30-13-7-4-8-14-30/h3-24,28,37H,25-26H2,1-2H3,(H,39,42)/t28-,37-/m1/s1. The van der Waals surface area contributed by atoms with Gasteiger partial charge in [0.15, 0.2) is 6.61 Å². The van der Waals surface area contributed by atoms with Crippen molar-refractivity contribution in [2.24, 2.45) is 0 Å². The fourth-order valence-corrected chi connectivity index (χ4v) is 5.65. The Balaban J connectivity index is 1.29. The minimum atomic E-state index is -0.413. The van der Waals surface area contributed by atoms with Gasteiger partial charge in [-0.15, -0.1) is 0 Å². The molecule has 5 aromatic carbocycles. The highest BCUT2D eigenvalue weighted by Crippen LogP contribution is 2.42. The lowest BCUT2D eigenvalue weighted by molar-refractivity contribution is -0.123. The molecule has 1 N–H and O–H groups in total. The Labute approximate surface area is 258 Å². The molecule has 6 nitrogen and oxygen atoms in total. The summed E-state index contributed by atoms with van der Waals surface area (Å²) < 4.78 is 5.87. The minimum Gasteiger partial charge on any atom is -0.484 e. The van der Waals surface area contributed by atoms with Gasteiger partial charge in [0.2, 0.25) is 0 Å². The van der Waals surface area contributed by atoms with Crippen molar-refractivity contribution in [1.82, 2.24) is 5.32 Å². The number of hydrogen-bond donors (Lipinski definition) is 1. The summed E-state index contributed by atoms with van der Waals surface area (Å²) in [5.74, 6) is 0.332. The van der Waals surface area contributed by atoms with Crippen molar-refractivity contribution in [2.45, 2.75) is 32.6 Å². The quantitative estimate of drug-likeness (QED) is 0.195. The van der Waals surface area contributed by atoms with E-state index in [4.69, 9.17) is 4.74 Å². The highest BCUT2D eigenvalue weighted by molar-refractivity contribution is 6.12. The molecule has 0 aromatic heterocycles. The first-order valence-electron chi connectivity index (χ1n) is 14.8. The minimum absolute atomic E-state index is 0.0525. The summed E-state index contributed by atoms with van der Waals surface area (Å²) in [6.45, 7) is 4.50. The lowest BCUT2D eigenvalue weighted by Crippen LogP contribution is -2.49. The monoisotopic (exact) mass is 581 g/mol. The Morgan fingerprint density at radius 1 is 0.795 bits per heavy atom. The summed E-state index contributed by atoms with van der Waals surface area (Å²) in [4.78, 5) is 30.9. The molecule has 0 bridgehead atoms. The predicted molar refractivity (Wildman–Crippen MR) is 175 cm³/mol. The molecule has 0 radical (unpaired) electrons. The first kappa shape index (κ1) is 28.7. The van der Waals surface area contributed by atoms with Crippen LogP contribution in [0.2, 0.25) is 0 Å². The number of benzene rings is 5. The molecule has 2 atom stereocenters. The molecule has 0 saturated heterocycles. The van der Waals surface area contributed by atoms with Gasteiger partial charge in [0.25, 0.3) is 11.8 Å². The Hall–Kier alpha value is -5.36. The average molecular weight is 582 g/mol. The van der Waals surface area contributed by atoms with Crippen LogP contribution in [0.25, 0.3) is 0 Å². The third-order valence-electron chi connectivity index (χ3n) is 7.94. The number of anilines is 2. The molecule has 6 heteroatoms. The average Bonchev–Trinajstić information content (AvgIpc) is 3.06. The molecule has 0 aliphatic carbocycles. The van der Waals surface area contributed by atoms with Crippen LogP contribution in [0.3, 0.4) is 0 Å². The molecule has 44 heavy (non-hydrogen) atoms. The molecule has 6 rings (SSSR count). The van der Waals surface area contributed by atoms with Gasteiger partial charge in [-0.1, -0.05) is 103 Å². The second-order valence-electron chi connectivity index (χ2n) is 11.1. The Morgan fingerprint density at radius 2 is 1.43 bits per heavy atom. The van der Waals surface area contributed by atoms with Crippen molar-refractivity contribution in [3.05, 3.63) is 161 Å². The van der Waals surface area contributed by atoms with Crippen LogP contribution in [-0.2, 0) is 11.3 Å². The van der Waals surface area contributed by atoms with E-state index >= 15 is 0 Å². The topological polar surface area (TPSA) is 61.9 Å². The van der Waals surface area contributed by atoms with Crippen molar-refractivity contribution in [2.75, 3.05) is 16.4 Å². The second kappa shape index (κ2) is 12.9. The van der Waals surface area contributed by atoms with E-state index in [-0.39, 0.29) is 24.5 Å². The number of ether oxygens (including phenoxy) is 1. The van der Waals surface area contributed by atoms with Crippen molar-refractivity contribution in [3.63, 3.8) is 0 Å². The van der Waals surface area contributed by atoms with Gasteiger partial charge in [0, 0.05) is 12.2 Å². The van der Waals surface area contributed by atoms with Gasteiger partial charge in [-0.2, -0.15) is 0 Å². The Kier molecular flexibility index (Phi) is 8.41. The molecule has 0 spiro atoms. The molecule has 1 aliphatic rings. The lowest BCUT2D eigenvalue weighted by atomic mass is 9.99. The smallest absolute Gasteiger partial charge is 0.262 e. The number of amides is 2. The molecule has 2 amide bonds. The van der Waals surface area contributed by atoms with Crippen LogP contribution in [0, 0.1) is 6.92 Å². The van der Waals surface area contributed by atoms with E-state index in [1.165, 1.54) is 0 Å². The van der Waals surface area contributed by atoms with E-state index in [1.807, 2.05) is 140 Å². The molecular formula is C38H35N3O3. The fraction of sp³-hybridized carbons (Fsp3) is 0.158. The van der Waals surface area contributed by atoms with Crippen molar-refractivity contribution < 1.29 is 14.3 Å². The maximum atomic E-state index is 14.1. The van der Waals surface area contributed by atoms with Gasteiger partial charge < -0.3 is 15.0 Å². The molecular weight excluding hydrogens is 546 g/mol. The summed E-state index contributed by atoms with van der Waals surface area (Å²) >= 11 is 0. The Bertz CT molecular complexity index is 1720. The van der Waals surface area contributed by atoms with Gasteiger partial charge in [-0.05, 0) is 66.9 Å². The number of para-hydroxylation sites is 1. The van der Waals surface area contributed by atoms with Crippen LogP contribution in [0.1, 0.15) is 51.7 Å². The zero-order valence-electron chi connectivity index (χ0n) is 24.9. The summed E-state index contributed by atoms with van der Waals surface area (Å²) in [5.41, 5.74) is 6.60. The maximum Gasteiger partial charge on any atom is 0.262 e. The van der Waals surface area contributed by atoms with Crippen LogP contribution >= 0.6 is 0 Å². The Morgan fingerprint density at radius 3 is 2.14 bits per heavy atom. The molecule has 0 fully saturated rings. The van der Waals surface area contributed by atoms with Crippen molar-refractivity contribution in [3.8, 4) is 5.75 Å². The number of aryl methyl sites for hydroxylation is 1. The van der Waals surface area contributed by atoms with Crippen LogP contribution in [0.5, 0.6) is 5.75 Å². The zero-order chi connectivity index (χ0) is 30.5. The van der Waals surface area contributed by atoms with Gasteiger partial charge in [0.05, 0.1) is 17.3 Å². The normalized spacial score (nSPS) is 15.0. The summed E-state index contributed by atoms with van der Waals surface area (Å²) in [6, 6.07) is 43.5. The number of fused-ring (bicyclic) bond motifs is 1. The SMILES string of the molecule is Cc1ccc(N2C(=O)c3ccccc3N(Cc3ccccc3)[C@H]2c2ccc(OCC(=O)N[C@H](C)c3ccccc3)cc2)cc1. The number of rotatable bonds is 9. The van der Waals surface area contributed by atoms with E-state index in [2.05, 4.69) is 22.3 Å². The number of carbonyl (C=O) groups excluding carboxylic acids is 2. The first-order valence-corrected chi connectivity index (χ1v) is 14.8. The highest BCUT2D eigenvalue weighted by atomic mass is 16.5. The van der Waals surface area contributed by atoms with E-state index in [0.29, 0.717) is 17.9 Å². The van der Waals surface area contributed by atoms with Gasteiger partial charge in [0.1, 0.15) is 11.9 Å². The predicted octanol–water partition coefficient (Wildman–Crippen LogP) is 7.62. The summed E-state index contributed by atoms with van der Waals surface area (Å²) in [5, 5.41) is 2.99. The van der Waals surface area contributed by atoms with Gasteiger partial charge >= 0.3 is 0 Å². The van der Waals surface area contributed by atoms with Crippen LogP contribution in [0.15, 0.2) is 133 Å².